The number of rotatable bonds is 2. The Morgan fingerprint density at radius 2 is 1.83 bits per heavy atom. The summed E-state index contributed by atoms with van der Waals surface area (Å²) in [6.45, 7) is 12.7. The van der Waals surface area contributed by atoms with Crippen LogP contribution in [-0.4, -0.2) is 63.7 Å². The van der Waals surface area contributed by atoms with E-state index in [1.165, 1.54) is 22.0 Å². The van der Waals surface area contributed by atoms with E-state index in [4.69, 9.17) is 14.0 Å². The van der Waals surface area contributed by atoms with Gasteiger partial charge in [0, 0.05) is 30.8 Å². The molecule has 162 valence electrons. The number of alkyl halides is 2. The first-order valence-corrected chi connectivity index (χ1v) is 9.87. The van der Waals surface area contributed by atoms with E-state index in [2.05, 4.69) is 5.10 Å². The molecule has 2 aliphatic rings. The molecule has 0 spiro atoms. The summed E-state index contributed by atoms with van der Waals surface area (Å²) < 4.78 is 47.8. The van der Waals surface area contributed by atoms with E-state index in [0.29, 0.717) is 5.46 Å². The van der Waals surface area contributed by atoms with Gasteiger partial charge in [-0.2, -0.15) is 5.10 Å². The fourth-order valence-corrected chi connectivity index (χ4v) is 3.28. The van der Waals surface area contributed by atoms with Gasteiger partial charge in [-0.05, 0) is 48.5 Å². The molecule has 0 aromatic carbocycles. The van der Waals surface area contributed by atoms with Crippen molar-refractivity contribution in [2.45, 2.75) is 83.7 Å². The number of hydrogen-bond acceptors (Lipinski definition) is 5. The Morgan fingerprint density at radius 1 is 1.24 bits per heavy atom. The normalized spacial score (nSPS) is 25.9. The number of likely N-dealkylation sites (tertiary alicyclic amines) is 1. The molecule has 10 heteroatoms. The summed E-state index contributed by atoms with van der Waals surface area (Å²) in [5.41, 5.74) is -1.21. The Bertz CT molecular complexity index is 760. The van der Waals surface area contributed by atoms with Gasteiger partial charge in [0.1, 0.15) is 11.6 Å². The average molecular weight is 413 g/mol. The highest BCUT2D eigenvalue weighted by atomic mass is 19.3. The smallest absolute Gasteiger partial charge is 0.444 e. The van der Waals surface area contributed by atoms with E-state index in [0.717, 1.165) is 0 Å². The summed E-state index contributed by atoms with van der Waals surface area (Å²) >= 11 is 0. The molecule has 29 heavy (non-hydrogen) atoms. The van der Waals surface area contributed by atoms with Crippen LogP contribution in [0.3, 0.4) is 0 Å². The van der Waals surface area contributed by atoms with Crippen LogP contribution in [0.5, 0.6) is 0 Å². The van der Waals surface area contributed by atoms with Crippen LogP contribution in [0.2, 0.25) is 0 Å². The third-order valence-electron chi connectivity index (χ3n) is 5.71. The Morgan fingerprint density at radius 3 is 2.38 bits per heavy atom. The van der Waals surface area contributed by atoms with Gasteiger partial charge in [0.15, 0.2) is 0 Å². The Kier molecular flexibility index (Phi) is 5.27. The number of aromatic nitrogens is 2. The zero-order valence-electron chi connectivity index (χ0n) is 18.2. The third kappa shape index (κ3) is 4.43. The van der Waals surface area contributed by atoms with Crippen molar-refractivity contribution in [3.63, 3.8) is 0 Å². The van der Waals surface area contributed by atoms with Crippen LogP contribution in [0, 0.1) is 0 Å². The van der Waals surface area contributed by atoms with E-state index in [1.54, 1.807) is 20.8 Å². The minimum atomic E-state index is -3.00. The van der Waals surface area contributed by atoms with Gasteiger partial charge in [0.05, 0.1) is 17.7 Å². The van der Waals surface area contributed by atoms with E-state index in [-0.39, 0.29) is 13.1 Å². The standard InChI is InChI=1S/C19H30BF2N3O4/c1-16(2,3)27-15(26)24-9-8-19(21,22)14(12-24)25-11-13(10-23-25)20-28-17(4,5)18(6,7)29-20/h10-11,14H,8-9,12H2,1-7H3. The second-order valence-electron chi connectivity index (χ2n) is 9.80. The maximum absolute atomic E-state index is 14.7. The number of amides is 1. The van der Waals surface area contributed by atoms with Crippen molar-refractivity contribution in [1.82, 2.24) is 14.7 Å². The van der Waals surface area contributed by atoms with Gasteiger partial charge in [0.25, 0.3) is 5.92 Å². The van der Waals surface area contributed by atoms with Crippen LogP contribution in [-0.2, 0) is 14.0 Å². The first-order valence-electron chi connectivity index (χ1n) is 9.87. The van der Waals surface area contributed by atoms with Crippen molar-refractivity contribution >= 4 is 18.7 Å². The molecular weight excluding hydrogens is 383 g/mol. The topological polar surface area (TPSA) is 65.8 Å². The minimum Gasteiger partial charge on any atom is -0.444 e. The summed E-state index contributed by atoms with van der Waals surface area (Å²) in [4.78, 5) is 13.7. The van der Waals surface area contributed by atoms with Crippen molar-refractivity contribution in [1.29, 1.82) is 0 Å². The zero-order valence-corrected chi connectivity index (χ0v) is 18.2. The number of halogens is 2. The SMILES string of the molecule is CC(C)(C)OC(=O)N1CCC(F)(F)C(n2cc(B3OC(C)(C)C(C)(C)O3)cn2)C1. The molecule has 2 saturated heterocycles. The molecule has 1 aromatic rings. The summed E-state index contributed by atoms with van der Waals surface area (Å²) in [5, 5.41) is 4.14. The molecule has 0 bridgehead atoms. The maximum atomic E-state index is 14.7. The average Bonchev–Trinajstić information content (AvgIpc) is 3.08. The summed E-state index contributed by atoms with van der Waals surface area (Å²) in [7, 11) is -0.687. The number of carbonyl (C=O) groups excluding carboxylic acids is 1. The molecule has 2 aliphatic heterocycles. The van der Waals surface area contributed by atoms with E-state index in [9.17, 15) is 13.6 Å². The van der Waals surface area contributed by atoms with E-state index in [1.807, 2.05) is 27.7 Å². The van der Waals surface area contributed by atoms with Crippen LogP contribution < -0.4 is 5.46 Å². The lowest BCUT2D eigenvalue weighted by atomic mass is 9.82. The van der Waals surface area contributed by atoms with Gasteiger partial charge < -0.3 is 18.9 Å². The third-order valence-corrected chi connectivity index (χ3v) is 5.71. The first kappa shape index (κ1) is 22.0. The van der Waals surface area contributed by atoms with E-state index >= 15 is 0 Å². The second kappa shape index (κ2) is 6.94. The monoisotopic (exact) mass is 413 g/mol. The molecule has 1 aromatic heterocycles. The highest BCUT2D eigenvalue weighted by Gasteiger charge is 2.53. The van der Waals surface area contributed by atoms with Gasteiger partial charge in [-0.1, -0.05) is 0 Å². The quantitative estimate of drug-likeness (QED) is 0.698. The Balaban J connectivity index is 1.78. The van der Waals surface area contributed by atoms with Gasteiger partial charge >= 0.3 is 13.2 Å². The van der Waals surface area contributed by atoms with Crippen molar-refractivity contribution in [3.8, 4) is 0 Å². The summed E-state index contributed by atoms with van der Waals surface area (Å²) in [5.74, 6) is -3.00. The maximum Gasteiger partial charge on any atom is 0.498 e. The molecule has 1 atom stereocenters. The van der Waals surface area contributed by atoms with Gasteiger partial charge in [-0.15, -0.1) is 0 Å². The second-order valence-corrected chi connectivity index (χ2v) is 9.80. The molecule has 2 fully saturated rings. The number of nitrogens with zero attached hydrogens (tertiary/aromatic N) is 3. The van der Waals surface area contributed by atoms with Crippen LogP contribution in [0.1, 0.15) is 60.9 Å². The molecule has 0 N–H and O–H groups in total. The highest BCUT2D eigenvalue weighted by Crippen LogP contribution is 2.38. The largest absolute Gasteiger partial charge is 0.498 e. The molecule has 1 amide bonds. The summed E-state index contributed by atoms with van der Waals surface area (Å²) in [6.07, 6.45) is 1.93. The van der Waals surface area contributed by atoms with Crippen LogP contribution in [0.4, 0.5) is 13.6 Å². The predicted molar refractivity (Wildman–Crippen MR) is 104 cm³/mol. The first-order chi connectivity index (χ1) is 13.1. The number of carbonyl (C=O) groups is 1. The molecule has 0 saturated carbocycles. The Labute approximate surface area is 170 Å². The number of ether oxygens (including phenoxy) is 1. The fourth-order valence-electron chi connectivity index (χ4n) is 3.28. The number of piperidine rings is 1. The van der Waals surface area contributed by atoms with Crippen LogP contribution in [0.25, 0.3) is 0 Å². The molecule has 3 rings (SSSR count). The molecule has 7 nitrogen and oxygen atoms in total. The van der Waals surface area contributed by atoms with Gasteiger partial charge in [-0.25, -0.2) is 13.6 Å². The van der Waals surface area contributed by atoms with Crippen molar-refractivity contribution in [2.75, 3.05) is 13.1 Å². The fraction of sp³-hybridized carbons (Fsp3) is 0.789. The molecule has 3 heterocycles. The van der Waals surface area contributed by atoms with Crippen molar-refractivity contribution in [2.24, 2.45) is 0 Å². The van der Waals surface area contributed by atoms with Crippen molar-refractivity contribution < 1.29 is 27.6 Å². The molecule has 0 radical (unpaired) electrons. The summed E-state index contributed by atoms with van der Waals surface area (Å²) in [6, 6.07) is -1.29. The Hall–Kier alpha value is -1.68. The van der Waals surface area contributed by atoms with E-state index < -0.39 is 48.4 Å². The molecular formula is C19H30BF2N3O4. The predicted octanol–water partition coefficient (Wildman–Crippen LogP) is 3.00. The van der Waals surface area contributed by atoms with Gasteiger partial charge in [-0.3, -0.25) is 4.68 Å². The molecule has 1 unspecified atom stereocenters. The minimum absolute atomic E-state index is 0.0657. The lowest BCUT2D eigenvalue weighted by molar-refractivity contribution is -0.101. The number of hydrogen-bond donors (Lipinski definition) is 0. The lowest BCUT2D eigenvalue weighted by Gasteiger charge is -2.38. The zero-order chi connectivity index (χ0) is 21.8. The highest BCUT2D eigenvalue weighted by molar-refractivity contribution is 6.62. The van der Waals surface area contributed by atoms with Gasteiger partial charge in [0.2, 0.25) is 0 Å². The molecule has 0 aliphatic carbocycles. The van der Waals surface area contributed by atoms with Crippen LogP contribution >= 0.6 is 0 Å². The lowest BCUT2D eigenvalue weighted by Crippen LogP contribution is -2.51. The van der Waals surface area contributed by atoms with Crippen molar-refractivity contribution in [3.05, 3.63) is 12.4 Å². The van der Waals surface area contributed by atoms with Crippen LogP contribution in [0.15, 0.2) is 12.4 Å².